The summed E-state index contributed by atoms with van der Waals surface area (Å²) in [6.45, 7) is 8.52. The molecule has 0 radical (unpaired) electrons. The number of rotatable bonds is 7. The molecule has 0 bridgehead atoms. The van der Waals surface area contributed by atoms with Gasteiger partial charge in [-0.05, 0) is 42.7 Å². The molecule has 164 valence electrons. The highest BCUT2D eigenvalue weighted by Gasteiger charge is 2.57. The van der Waals surface area contributed by atoms with Gasteiger partial charge in [0.25, 0.3) is 5.91 Å². The third-order valence-corrected chi connectivity index (χ3v) is 6.42. The smallest absolute Gasteiger partial charge is 0.324 e. The fourth-order valence-electron chi connectivity index (χ4n) is 4.89. The van der Waals surface area contributed by atoms with Crippen molar-refractivity contribution in [3.63, 3.8) is 0 Å². The number of imide groups is 1. The van der Waals surface area contributed by atoms with Crippen LogP contribution in [-0.4, -0.2) is 46.3 Å². The van der Waals surface area contributed by atoms with Gasteiger partial charge in [-0.25, -0.2) is 4.79 Å². The fourth-order valence-corrected chi connectivity index (χ4v) is 4.89. The molecule has 1 aliphatic heterocycles. The molecule has 1 saturated heterocycles. The molecule has 1 spiro atoms. The Morgan fingerprint density at radius 2 is 1.67 bits per heavy atom. The molecule has 2 fully saturated rings. The van der Waals surface area contributed by atoms with Crippen LogP contribution in [0.2, 0.25) is 0 Å². The Bertz CT molecular complexity index is 790. The Hall–Kier alpha value is -2.37. The molecular weight excluding hydrogens is 378 g/mol. The van der Waals surface area contributed by atoms with Crippen LogP contribution in [0.25, 0.3) is 0 Å². The van der Waals surface area contributed by atoms with Crippen molar-refractivity contribution in [2.24, 2.45) is 5.92 Å². The molecule has 6 heteroatoms. The number of aryl methyl sites for hydroxylation is 2. The summed E-state index contributed by atoms with van der Waals surface area (Å²) in [4.78, 5) is 42.5. The standard InChI is InChI=1S/C24H35N3O3/c1-5-18-11-10-12-19(6-2)21(18)25-20(28)16-26-22(29)24(13-8-7-9-14-24)27(23(26)30)15-17(3)4/h10-12,17H,5-9,13-16H2,1-4H3,(H,25,28). The van der Waals surface area contributed by atoms with Crippen LogP contribution in [0.3, 0.4) is 0 Å². The lowest BCUT2D eigenvalue weighted by atomic mass is 9.80. The van der Waals surface area contributed by atoms with Gasteiger partial charge in [0.1, 0.15) is 12.1 Å². The zero-order valence-electron chi connectivity index (χ0n) is 18.8. The van der Waals surface area contributed by atoms with E-state index < -0.39 is 5.54 Å². The largest absolute Gasteiger partial charge is 0.328 e. The third kappa shape index (κ3) is 4.09. The zero-order valence-corrected chi connectivity index (χ0v) is 18.8. The quantitative estimate of drug-likeness (QED) is 0.675. The summed E-state index contributed by atoms with van der Waals surface area (Å²) in [7, 11) is 0. The van der Waals surface area contributed by atoms with E-state index in [1.807, 2.05) is 18.2 Å². The summed E-state index contributed by atoms with van der Waals surface area (Å²) in [5.74, 6) is -0.245. The van der Waals surface area contributed by atoms with Gasteiger partial charge in [-0.3, -0.25) is 14.5 Å². The van der Waals surface area contributed by atoms with E-state index in [0.29, 0.717) is 19.4 Å². The maximum absolute atomic E-state index is 13.4. The Balaban J connectivity index is 1.82. The van der Waals surface area contributed by atoms with Crippen molar-refractivity contribution in [2.45, 2.75) is 78.2 Å². The molecule has 1 N–H and O–H groups in total. The molecule has 1 saturated carbocycles. The maximum atomic E-state index is 13.4. The number of anilines is 1. The van der Waals surface area contributed by atoms with Crippen LogP contribution in [0, 0.1) is 5.92 Å². The lowest BCUT2D eigenvalue weighted by Gasteiger charge is -2.39. The minimum Gasteiger partial charge on any atom is -0.324 e. The molecule has 0 aromatic heterocycles. The first-order chi connectivity index (χ1) is 14.3. The molecule has 3 rings (SSSR count). The van der Waals surface area contributed by atoms with Gasteiger partial charge < -0.3 is 10.2 Å². The molecular formula is C24H35N3O3. The van der Waals surface area contributed by atoms with Crippen LogP contribution in [0.1, 0.15) is 70.9 Å². The minimum absolute atomic E-state index is 0.192. The highest BCUT2D eigenvalue weighted by Crippen LogP contribution is 2.40. The van der Waals surface area contributed by atoms with E-state index in [9.17, 15) is 14.4 Å². The number of carbonyl (C=O) groups is 3. The van der Waals surface area contributed by atoms with E-state index in [2.05, 4.69) is 33.0 Å². The van der Waals surface area contributed by atoms with Crippen molar-refractivity contribution in [1.29, 1.82) is 0 Å². The number of benzene rings is 1. The number of hydrogen-bond acceptors (Lipinski definition) is 3. The van der Waals surface area contributed by atoms with Crippen LogP contribution in [0.4, 0.5) is 10.5 Å². The van der Waals surface area contributed by atoms with E-state index in [1.54, 1.807) is 4.90 Å². The monoisotopic (exact) mass is 413 g/mol. The predicted molar refractivity (Wildman–Crippen MR) is 118 cm³/mol. The molecule has 6 nitrogen and oxygen atoms in total. The molecule has 1 aliphatic carbocycles. The van der Waals surface area contributed by atoms with Crippen molar-refractivity contribution >= 4 is 23.5 Å². The van der Waals surface area contributed by atoms with E-state index >= 15 is 0 Å². The molecule has 1 aromatic carbocycles. The maximum Gasteiger partial charge on any atom is 0.328 e. The second-order valence-electron chi connectivity index (χ2n) is 8.98. The predicted octanol–water partition coefficient (Wildman–Crippen LogP) is 4.37. The van der Waals surface area contributed by atoms with E-state index in [1.165, 1.54) is 4.90 Å². The third-order valence-electron chi connectivity index (χ3n) is 6.42. The van der Waals surface area contributed by atoms with Gasteiger partial charge in [0.15, 0.2) is 0 Å². The van der Waals surface area contributed by atoms with Crippen LogP contribution in [-0.2, 0) is 22.4 Å². The van der Waals surface area contributed by atoms with E-state index in [0.717, 1.165) is 48.9 Å². The van der Waals surface area contributed by atoms with Crippen molar-refractivity contribution in [2.75, 3.05) is 18.4 Å². The number of amides is 4. The first kappa shape index (κ1) is 22.3. The Kier molecular flexibility index (Phi) is 6.84. The Morgan fingerprint density at radius 1 is 1.07 bits per heavy atom. The van der Waals surface area contributed by atoms with Crippen molar-refractivity contribution in [3.8, 4) is 0 Å². The van der Waals surface area contributed by atoms with Gasteiger partial charge in [-0.1, -0.05) is 65.2 Å². The second kappa shape index (κ2) is 9.19. The van der Waals surface area contributed by atoms with Gasteiger partial charge in [0.2, 0.25) is 5.91 Å². The van der Waals surface area contributed by atoms with Crippen LogP contribution < -0.4 is 5.32 Å². The lowest BCUT2D eigenvalue weighted by molar-refractivity contribution is -0.136. The molecule has 30 heavy (non-hydrogen) atoms. The first-order valence-electron chi connectivity index (χ1n) is 11.4. The highest BCUT2D eigenvalue weighted by atomic mass is 16.2. The van der Waals surface area contributed by atoms with Gasteiger partial charge in [0, 0.05) is 12.2 Å². The SMILES string of the molecule is CCc1cccc(CC)c1NC(=O)CN1C(=O)N(CC(C)C)C2(CCCCC2)C1=O. The van der Waals surface area contributed by atoms with Crippen LogP contribution in [0.15, 0.2) is 18.2 Å². The molecule has 0 atom stereocenters. The number of carbonyl (C=O) groups excluding carboxylic acids is 3. The van der Waals surface area contributed by atoms with Gasteiger partial charge in [0.05, 0.1) is 0 Å². The topological polar surface area (TPSA) is 69.7 Å². The fraction of sp³-hybridized carbons (Fsp3) is 0.625. The summed E-state index contributed by atoms with van der Waals surface area (Å²) >= 11 is 0. The molecule has 1 aromatic rings. The summed E-state index contributed by atoms with van der Waals surface area (Å²) < 4.78 is 0. The van der Waals surface area contributed by atoms with Crippen molar-refractivity contribution in [3.05, 3.63) is 29.3 Å². The van der Waals surface area contributed by atoms with Gasteiger partial charge in [-0.15, -0.1) is 0 Å². The van der Waals surface area contributed by atoms with Crippen LogP contribution >= 0.6 is 0 Å². The van der Waals surface area contributed by atoms with Crippen molar-refractivity contribution < 1.29 is 14.4 Å². The number of nitrogens with zero attached hydrogens (tertiary/aromatic N) is 2. The number of nitrogens with one attached hydrogen (secondary N) is 1. The molecule has 4 amide bonds. The lowest BCUT2D eigenvalue weighted by Crippen LogP contribution is -2.52. The highest BCUT2D eigenvalue weighted by molar-refractivity contribution is 6.10. The van der Waals surface area contributed by atoms with E-state index in [4.69, 9.17) is 0 Å². The molecule has 1 heterocycles. The summed E-state index contributed by atoms with van der Waals surface area (Å²) in [6.07, 6.45) is 5.97. The average molecular weight is 414 g/mol. The number of para-hydroxylation sites is 1. The Morgan fingerprint density at radius 3 is 2.20 bits per heavy atom. The summed E-state index contributed by atoms with van der Waals surface area (Å²) in [5, 5.41) is 2.99. The average Bonchev–Trinajstić information content (AvgIpc) is 2.90. The normalized spacial score (nSPS) is 18.6. The van der Waals surface area contributed by atoms with E-state index in [-0.39, 0.29) is 30.3 Å². The first-order valence-corrected chi connectivity index (χ1v) is 11.4. The number of urea groups is 1. The minimum atomic E-state index is -0.754. The zero-order chi connectivity index (χ0) is 21.9. The van der Waals surface area contributed by atoms with Gasteiger partial charge in [-0.2, -0.15) is 0 Å². The van der Waals surface area contributed by atoms with Crippen molar-refractivity contribution in [1.82, 2.24) is 9.80 Å². The summed E-state index contributed by atoms with van der Waals surface area (Å²) in [5.41, 5.74) is 2.19. The van der Waals surface area contributed by atoms with Gasteiger partial charge >= 0.3 is 6.03 Å². The van der Waals surface area contributed by atoms with Crippen LogP contribution in [0.5, 0.6) is 0 Å². The molecule has 2 aliphatic rings. The molecule has 0 unspecified atom stereocenters. The summed E-state index contributed by atoms with van der Waals surface area (Å²) in [6, 6.07) is 5.69. The Labute approximate surface area is 180 Å². The second-order valence-corrected chi connectivity index (χ2v) is 8.98. The number of hydrogen-bond donors (Lipinski definition) is 1.